The molecule has 0 radical (unpaired) electrons. The first-order valence-corrected chi connectivity index (χ1v) is 8.89. The number of rotatable bonds is 3. The number of oxime groups is 1. The maximum atomic E-state index is 13.8. The highest BCUT2D eigenvalue weighted by molar-refractivity contribution is 6.18. The van der Waals surface area contributed by atoms with Crippen molar-refractivity contribution in [3.8, 4) is 22.7 Å². The Hall–Kier alpha value is -3.75. The molecule has 6 nitrogen and oxygen atoms in total. The molecule has 0 bridgehead atoms. The quantitative estimate of drug-likeness (QED) is 0.268. The lowest BCUT2D eigenvalue weighted by molar-refractivity contribution is -0.0600. The van der Waals surface area contributed by atoms with Crippen LogP contribution < -0.4 is 0 Å². The van der Waals surface area contributed by atoms with Crippen molar-refractivity contribution in [1.29, 1.82) is 0 Å². The molecule has 154 valence electrons. The van der Waals surface area contributed by atoms with Crippen molar-refractivity contribution in [2.75, 3.05) is 0 Å². The molecule has 0 atom stereocenters. The van der Waals surface area contributed by atoms with Gasteiger partial charge in [-0.15, -0.1) is 0 Å². The summed E-state index contributed by atoms with van der Waals surface area (Å²) in [6.07, 6.45) is -4.91. The summed E-state index contributed by atoms with van der Waals surface area (Å²) in [5.74, 6) is 0.332. The molecule has 9 heteroatoms. The molecule has 0 aliphatic rings. The van der Waals surface area contributed by atoms with Crippen LogP contribution >= 0.6 is 0 Å². The van der Waals surface area contributed by atoms with Crippen molar-refractivity contribution < 1.29 is 28.0 Å². The van der Waals surface area contributed by atoms with Crippen LogP contribution in [0.15, 0.2) is 58.2 Å². The van der Waals surface area contributed by atoms with Gasteiger partial charge in [0.05, 0.1) is 22.5 Å². The summed E-state index contributed by atoms with van der Waals surface area (Å²) in [4.78, 5) is 0. The maximum absolute atomic E-state index is 13.8. The number of hydrogen-bond donors (Lipinski definition) is 2. The average Bonchev–Trinajstić information content (AvgIpc) is 3.19. The number of phenolic OH excluding ortho intramolecular Hbond substituents is 1. The van der Waals surface area contributed by atoms with E-state index in [4.69, 9.17) is 4.52 Å². The molecular weight excluding hydrogens is 399 g/mol. The van der Waals surface area contributed by atoms with Gasteiger partial charge >= 0.3 is 6.18 Å². The fourth-order valence-corrected chi connectivity index (χ4v) is 3.66. The highest BCUT2D eigenvalue weighted by Gasteiger charge is 2.42. The van der Waals surface area contributed by atoms with Crippen molar-refractivity contribution >= 4 is 16.6 Å². The summed E-state index contributed by atoms with van der Waals surface area (Å²) >= 11 is 0. The minimum atomic E-state index is -4.91. The Morgan fingerprint density at radius 2 is 1.73 bits per heavy atom. The van der Waals surface area contributed by atoms with E-state index in [1.54, 1.807) is 48.7 Å². The number of phenols is 1. The van der Waals surface area contributed by atoms with Gasteiger partial charge in [0.15, 0.2) is 5.71 Å². The zero-order valence-corrected chi connectivity index (χ0v) is 15.9. The van der Waals surface area contributed by atoms with Gasteiger partial charge in [0.2, 0.25) is 0 Å². The molecule has 0 spiro atoms. The topological polar surface area (TPSA) is 83.8 Å². The Morgan fingerprint density at radius 3 is 2.30 bits per heavy atom. The SMILES string of the molecule is Cc1noc(C)c1-c1c(C(=NO)C(F)(F)F)c2ccccc2n1-c1ccc(O)cc1. The second-order valence-electron chi connectivity index (χ2n) is 6.74. The van der Waals surface area contributed by atoms with E-state index in [9.17, 15) is 23.5 Å². The molecule has 0 aliphatic heterocycles. The number of alkyl halides is 3. The van der Waals surface area contributed by atoms with Gasteiger partial charge in [-0.05, 0) is 44.2 Å². The highest BCUT2D eigenvalue weighted by atomic mass is 19.4. The van der Waals surface area contributed by atoms with Crippen LogP contribution in [0.1, 0.15) is 17.0 Å². The maximum Gasteiger partial charge on any atom is 0.437 e. The van der Waals surface area contributed by atoms with E-state index in [0.29, 0.717) is 28.2 Å². The normalized spacial score (nSPS) is 12.6. The second-order valence-corrected chi connectivity index (χ2v) is 6.74. The first-order valence-electron chi connectivity index (χ1n) is 8.89. The number of aromatic hydroxyl groups is 1. The summed E-state index contributed by atoms with van der Waals surface area (Å²) in [5.41, 5.74) is 0.122. The zero-order chi connectivity index (χ0) is 21.6. The van der Waals surface area contributed by atoms with E-state index in [1.165, 1.54) is 18.2 Å². The lowest BCUT2D eigenvalue weighted by atomic mass is 9.99. The van der Waals surface area contributed by atoms with Crippen molar-refractivity contribution in [3.05, 3.63) is 65.5 Å². The van der Waals surface area contributed by atoms with E-state index < -0.39 is 11.9 Å². The number of nitrogens with zero attached hydrogens (tertiary/aromatic N) is 3. The Labute approximate surface area is 168 Å². The molecule has 0 fully saturated rings. The third-order valence-corrected chi connectivity index (χ3v) is 4.86. The standard InChI is InChI=1S/C21H16F3N3O3/c1-11-17(12(2)30-26-11)19-18(20(25-29)21(22,23)24)15-5-3-4-6-16(15)27(19)13-7-9-14(28)10-8-13/h3-10,28-29H,1-2H3. The van der Waals surface area contributed by atoms with Crippen LogP contribution in [0.4, 0.5) is 13.2 Å². The predicted octanol–water partition coefficient (Wildman–Crippen LogP) is 5.35. The van der Waals surface area contributed by atoms with Gasteiger partial charge in [-0.1, -0.05) is 28.5 Å². The number of hydrogen-bond acceptors (Lipinski definition) is 5. The third-order valence-electron chi connectivity index (χ3n) is 4.86. The van der Waals surface area contributed by atoms with Gasteiger partial charge in [0.25, 0.3) is 0 Å². The molecule has 2 heterocycles. The first kappa shape index (κ1) is 19.6. The van der Waals surface area contributed by atoms with Gasteiger partial charge in [-0.3, -0.25) is 0 Å². The minimum absolute atomic E-state index is 0.0159. The van der Waals surface area contributed by atoms with Crippen LogP contribution in [0.25, 0.3) is 27.8 Å². The molecule has 0 saturated carbocycles. The van der Waals surface area contributed by atoms with Gasteiger partial charge in [0, 0.05) is 16.6 Å². The summed E-state index contributed by atoms with van der Waals surface area (Å²) in [5, 5.41) is 25.7. The zero-order valence-electron chi connectivity index (χ0n) is 15.9. The number of halogens is 3. The van der Waals surface area contributed by atoms with Crippen LogP contribution in [0, 0.1) is 13.8 Å². The number of fused-ring (bicyclic) bond motifs is 1. The monoisotopic (exact) mass is 415 g/mol. The van der Waals surface area contributed by atoms with Crippen molar-refractivity contribution in [2.24, 2.45) is 5.16 Å². The van der Waals surface area contributed by atoms with E-state index in [1.807, 2.05) is 0 Å². The molecule has 2 aromatic carbocycles. The van der Waals surface area contributed by atoms with Gasteiger partial charge < -0.3 is 19.4 Å². The largest absolute Gasteiger partial charge is 0.508 e. The van der Waals surface area contributed by atoms with Crippen molar-refractivity contribution in [2.45, 2.75) is 20.0 Å². The third kappa shape index (κ3) is 2.99. The van der Waals surface area contributed by atoms with Gasteiger partial charge in [-0.25, -0.2) is 0 Å². The Morgan fingerprint density at radius 1 is 1.07 bits per heavy atom. The van der Waals surface area contributed by atoms with Crippen LogP contribution in [0.2, 0.25) is 0 Å². The Balaban J connectivity index is 2.24. The number of aromatic nitrogens is 2. The average molecular weight is 415 g/mol. The molecule has 2 aromatic heterocycles. The fraction of sp³-hybridized carbons (Fsp3) is 0.143. The number of para-hydroxylation sites is 1. The second kappa shape index (κ2) is 6.94. The highest BCUT2D eigenvalue weighted by Crippen LogP contribution is 2.42. The summed E-state index contributed by atoms with van der Waals surface area (Å²) in [6, 6.07) is 12.5. The van der Waals surface area contributed by atoms with Crippen molar-refractivity contribution in [3.63, 3.8) is 0 Å². The minimum Gasteiger partial charge on any atom is -0.508 e. The number of benzene rings is 2. The van der Waals surface area contributed by atoms with Crippen LogP contribution in [-0.4, -0.2) is 31.9 Å². The molecular formula is C21H16F3N3O3. The van der Waals surface area contributed by atoms with E-state index in [-0.39, 0.29) is 22.4 Å². The Kier molecular flexibility index (Phi) is 4.53. The molecule has 0 aliphatic carbocycles. The van der Waals surface area contributed by atoms with E-state index in [2.05, 4.69) is 10.3 Å². The number of aryl methyl sites for hydroxylation is 2. The van der Waals surface area contributed by atoms with Crippen molar-refractivity contribution in [1.82, 2.24) is 9.72 Å². The summed E-state index contributed by atoms with van der Waals surface area (Å²) in [7, 11) is 0. The smallest absolute Gasteiger partial charge is 0.437 e. The van der Waals surface area contributed by atoms with Crippen LogP contribution in [0.5, 0.6) is 5.75 Å². The molecule has 30 heavy (non-hydrogen) atoms. The van der Waals surface area contributed by atoms with Crippen LogP contribution in [0.3, 0.4) is 0 Å². The van der Waals surface area contributed by atoms with Gasteiger partial charge in [0.1, 0.15) is 11.5 Å². The van der Waals surface area contributed by atoms with E-state index >= 15 is 0 Å². The fourth-order valence-electron chi connectivity index (χ4n) is 3.66. The lowest BCUT2D eigenvalue weighted by Crippen LogP contribution is -2.24. The van der Waals surface area contributed by atoms with Gasteiger partial charge in [-0.2, -0.15) is 13.2 Å². The molecule has 4 aromatic rings. The summed E-state index contributed by atoms with van der Waals surface area (Å²) < 4.78 is 48.4. The predicted molar refractivity (Wildman–Crippen MR) is 104 cm³/mol. The Bertz CT molecular complexity index is 1250. The van der Waals surface area contributed by atoms with E-state index in [0.717, 1.165) is 0 Å². The molecule has 0 unspecified atom stereocenters. The molecule has 2 N–H and O–H groups in total. The molecule has 0 saturated heterocycles. The lowest BCUT2D eigenvalue weighted by Gasteiger charge is -2.14. The molecule has 4 rings (SSSR count). The first-order chi connectivity index (χ1) is 14.2. The summed E-state index contributed by atoms with van der Waals surface area (Å²) in [6.45, 7) is 3.22. The molecule has 0 amide bonds. The van der Waals surface area contributed by atoms with Crippen LogP contribution in [-0.2, 0) is 0 Å².